The first-order chi connectivity index (χ1) is 12.6. The third-order valence-electron chi connectivity index (χ3n) is 4.23. The second-order valence-corrected chi connectivity index (χ2v) is 6.03. The average molecular weight is 354 g/mol. The Hall–Kier alpha value is -3.02. The van der Waals surface area contributed by atoms with Gasteiger partial charge in [-0.2, -0.15) is 0 Å². The fourth-order valence-corrected chi connectivity index (χ4v) is 2.90. The average Bonchev–Trinajstić information content (AvgIpc) is 2.96. The van der Waals surface area contributed by atoms with Crippen LogP contribution in [0.25, 0.3) is 11.1 Å². The molecule has 0 radical (unpaired) electrons. The fourth-order valence-electron chi connectivity index (χ4n) is 2.90. The van der Waals surface area contributed by atoms with Gasteiger partial charge in [-0.15, -0.1) is 0 Å². The van der Waals surface area contributed by atoms with Gasteiger partial charge in [0.25, 0.3) is 0 Å². The summed E-state index contributed by atoms with van der Waals surface area (Å²) in [6, 6.07) is 14.9. The molecule has 3 rings (SSSR count). The van der Waals surface area contributed by atoms with Gasteiger partial charge in [0.05, 0.1) is 12.1 Å². The van der Waals surface area contributed by atoms with Crippen LogP contribution < -0.4 is 10.5 Å². The number of oxazole rings is 1. The van der Waals surface area contributed by atoms with Crippen LogP contribution in [0.3, 0.4) is 0 Å². The zero-order chi connectivity index (χ0) is 18.5. The third-order valence-corrected chi connectivity index (χ3v) is 4.23. The molecule has 0 aliphatic carbocycles. The Labute approximate surface area is 151 Å². The van der Waals surface area contributed by atoms with Crippen molar-refractivity contribution in [2.45, 2.75) is 26.4 Å². The van der Waals surface area contributed by atoms with Crippen LogP contribution >= 0.6 is 0 Å². The Kier molecular flexibility index (Phi) is 5.41. The molecule has 1 aromatic heterocycles. The van der Waals surface area contributed by atoms with Gasteiger partial charge in [0.15, 0.2) is 5.58 Å². The zero-order valence-electron chi connectivity index (χ0n) is 15.0. The summed E-state index contributed by atoms with van der Waals surface area (Å²) in [5.74, 6) is 0.295. The van der Waals surface area contributed by atoms with Crippen molar-refractivity contribution in [2.24, 2.45) is 0 Å². The van der Waals surface area contributed by atoms with E-state index in [-0.39, 0.29) is 18.9 Å². The van der Waals surface area contributed by atoms with Gasteiger partial charge < -0.3 is 14.1 Å². The van der Waals surface area contributed by atoms with E-state index in [0.717, 1.165) is 11.3 Å². The highest BCUT2D eigenvalue weighted by Crippen LogP contribution is 2.20. The van der Waals surface area contributed by atoms with E-state index in [4.69, 9.17) is 9.15 Å². The van der Waals surface area contributed by atoms with Crippen molar-refractivity contribution in [3.63, 3.8) is 0 Å². The normalized spacial score (nSPS) is 10.8. The molecule has 0 spiro atoms. The summed E-state index contributed by atoms with van der Waals surface area (Å²) in [6.45, 7) is 3.24. The maximum Gasteiger partial charge on any atom is 0.419 e. The minimum Gasteiger partial charge on any atom is -0.494 e. The van der Waals surface area contributed by atoms with Gasteiger partial charge in [-0.3, -0.25) is 9.36 Å². The van der Waals surface area contributed by atoms with Gasteiger partial charge in [-0.05, 0) is 25.1 Å². The molecule has 6 heteroatoms. The van der Waals surface area contributed by atoms with Crippen LogP contribution in [0.4, 0.5) is 0 Å². The van der Waals surface area contributed by atoms with Gasteiger partial charge in [0, 0.05) is 32.1 Å². The maximum atomic E-state index is 12.5. The summed E-state index contributed by atoms with van der Waals surface area (Å²) in [5, 5.41) is 0. The van der Waals surface area contributed by atoms with E-state index in [2.05, 4.69) is 0 Å². The first kappa shape index (κ1) is 17.8. The molecule has 2 aromatic carbocycles. The van der Waals surface area contributed by atoms with Gasteiger partial charge in [-0.1, -0.05) is 30.3 Å². The fraction of sp³-hybridized carbons (Fsp3) is 0.300. The van der Waals surface area contributed by atoms with Crippen molar-refractivity contribution in [1.82, 2.24) is 9.47 Å². The predicted molar refractivity (Wildman–Crippen MR) is 99.2 cm³/mol. The van der Waals surface area contributed by atoms with Crippen molar-refractivity contribution < 1.29 is 13.9 Å². The number of aromatic nitrogens is 1. The monoisotopic (exact) mass is 354 g/mol. The summed E-state index contributed by atoms with van der Waals surface area (Å²) in [5.41, 5.74) is 2.19. The van der Waals surface area contributed by atoms with Crippen molar-refractivity contribution in [1.29, 1.82) is 0 Å². The molecular formula is C20H22N2O4. The molecule has 1 heterocycles. The van der Waals surface area contributed by atoms with Crippen molar-refractivity contribution in [3.05, 3.63) is 64.6 Å². The standard InChI is InChI=1S/C20H22N2O4/c1-3-25-17-10-6-4-8-15(17)14-21(2)19(23)12-13-22-16-9-5-7-11-18(16)26-20(22)24/h4-11H,3,12-14H2,1-2H3. The number of hydrogen-bond donors (Lipinski definition) is 0. The number of carbonyl (C=O) groups excluding carboxylic acids is 1. The number of carbonyl (C=O) groups is 1. The molecule has 6 nitrogen and oxygen atoms in total. The number of fused-ring (bicyclic) bond motifs is 1. The summed E-state index contributed by atoms with van der Waals surface area (Å²) < 4.78 is 12.3. The maximum absolute atomic E-state index is 12.5. The largest absolute Gasteiger partial charge is 0.494 e. The molecule has 136 valence electrons. The van der Waals surface area contributed by atoms with Crippen LogP contribution in [-0.2, 0) is 17.9 Å². The molecule has 0 fully saturated rings. The lowest BCUT2D eigenvalue weighted by Gasteiger charge is -2.19. The number of hydrogen-bond acceptors (Lipinski definition) is 4. The molecule has 0 atom stereocenters. The smallest absolute Gasteiger partial charge is 0.419 e. The Bertz CT molecular complexity index is 958. The van der Waals surface area contributed by atoms with Gasteiger partial charge >= 0.3 is 5.76 Å². The van der Waals surface area contributed by atoms with Crippen molar-refractivity contribution in [3.8, 4) is 5.75 Å². The highest BCUT2D eigenvalue weighted by Gasteiger charge is 2.14. The van der Waals surface area contributed by atoms with E-state index in [1.54, 1.807) is 18.0 Å². The summed E-state index contributed by atoms with van der Waals surface area (Å²) >= 11 is 0. The Morgan fingerprint density at radius 2 is 1.88 bits per heavy atom. The zero-order valence-corrected chi connectivity index (χ0v) is 15.0. The molecule has 0 aliphatic rings. The summed E-state index contributed by atoms with van der Waals surface area (Å²) in [4.78, 5) is 26.1. The SMILES string of the molecule is CCOc1ccccc1CN(C)C(=O)CCn1c(=O)oc2ccccc21. The minimum absolute atomic E-state index is 0.0477. The van der Waals surface area contributed by atoms with E-state index in [1.807, 2.05) is 49.4 Å². The van der Waals surface area contributed by atoms with E-state index >= 15 is 0 Å². The van der Waals surface area contributed by atoms with Crippen LogP contribution in [0.2, 0.25) is 0 Å². The number of ether oxygens (including phenoxy) is 1. The van der Waals surface area contributed by atoms with Crippen LogP contribution in [0.1, 0.15) is 18.9 Å². The molecule has 0 aliphatic heterocycles. The van der Waals surface area contributed by atoms with E-state index in [9.17, 15) is 9.59 Å². The second kappa shape index (κ2) is 7.91. The third kappa shape index (κ3) is 3.79. The van der Waals surface area contributed by atoms with Crippen LogP contribution in [0.15, 0.2) is 57.7 Å². The molecule has 26 heavy (non-hydrogen) atoms. The number of para-hydroxylation sites is 3. The Balaban J connectivity index is 1.66. The first-order valence-corrected chi connectivity index (χ1v) is 8.63. The summed E-state index contributed by atoms with van der Waals surface area (Å²) in [6.07, 6.45) is 0.219. The van der Waals surface area contributed by atoms with E-state index in [0.29, 0.717) is 24.3 Å². The van der Waals surface area contributed by atoms with E-state index < -0.39 is 5.76 Å². The summed E-state index contributed by atoms with van der Waals surface area (Å²) in [7, 11) is 1.75. The minimum atomic E-state index is -0.441. The number of benzene rings is 2. The molecule has 0 bridgehead atoms. The molecule has 3 aromatic rings. The number of aryl methyl sites for hydroxylation is 1. The molecule has 1 amide bonds. The number of nitrogens with zero attached hydrogens (tertiary/aromatic N) is 2. The topological polar surface area (TPSA) is 64.7 Å². The van der Waals surface area contributed by atoms with Crippen LogP contribution in [0.5, 0.6) is 5.75 Å². The molecule has 0 saturated carbocycles. The molecule has 0 unspecified atom stereocenters. The highest BCUT2D eigenvalue weighted by molar-refractivity contribution is 5.76. The van der Waals surface area contributed by atoms with E-state index in [1.165, 1.54) is 4.57 Å². The van der Waals surface area contributed by atoms with Crippen LogP contribution in [-0.4, -0.2) is 29.0 Å². The van der Waals surface area contributed by atoms with Gasteiger partial charge in [0.1, 0.15) is 5.75 Å². The van der Waals surface area contributed by atoms with Crippen LogP contribution in [0, 0.1) is 0 Å². The number of rotatable bonds is 7. The number of amides is 1. The second-order valence-electron chi connectivity index (χ2n) is 6.03. The first-order valence-electron chi connectivity index (χ1n) is 8.63. The lowest BCUT2D eigenvalue weighted by atomic mass is 10.2. The molecule has 0 N–H and O–H groups in total. The van der Waals surface area contributed by atoms with Gasteiger partial charge in [0.2, 0.25) is 5.91 Å². The molecule has 0 saturated heterocycles. The van der Waals surface area contributed by atoms with Crippen molar-refractivity contribution >= 4 is 17.0 Å². The van der Waals surface area contributed by atoms with Gasteiger partial charge in [-0.25, -0.2) is 4.79 Å². The Morgan fingerprint density at radius 1 is 1.15 bits per heavy atom. The highest BCUT2D eigenvalue weighted by atomic mass is 16.5. The lowest BCUT2D eigenvalue weighted by Crippen LogP contribution is -2.28. The quantitative estimate of drug-likeness (QED) is 0.654. The predicted octanol–water partition coefficient (Wildman–Crippen LogP) is 3.04. The molecular weight excluding hydrogens is 332 g/mol. The lowest BCUT2D eigenvalue weighted by molar-refractivity contribution is -0.130. The Morgan fingerprint density at radius 3 is 2.69 bits per heavy atom. The van der Waals surface area contributed by atoms with Crippen molar-refractivity contribution in [2.75, 3.05) is 13.7 Å².